The van der Waals surface area contributed by atoms with E-state index in [1.165, 1.54) is 5.56 Å². The summed E-state index contributed by atoms with van der Waals surface area (Å²) < 4.78 is 0. The van der Waals surface area contributed by atoms with Gasteiger partial charge in [-0.15, -0.1) is 0 Å². The number of nitrogens with two attached hydrogens (primary N) is 1. The normalized spacial score (nSPS) is 21.3. The van der Waals surface area contributed by atoms with Crippen LogP contribution in [0.1, 0.15) is 18.0 Å². The molecule has 1 fully saturated rings. The van der Waals surface area contributed by atoms with E-state index in [9.17, 15) is 4.79 Å². The van der Waals surface area contributed by atoms with Gasteiger partial charge in [-0.3, -0.25) is 4.79 Å². The van der Waals surface area contributed by atoms with E-state index in [1.807, 2.05) is 29.4 Å². The van der Waals surface area contributed by atoms with Gasteiger partial charge in [0.2, 0.25) is 5.91 Å². The number of hydrogen-bond acceptors (Lipinski definition) is 4. The maximum absolute atomic E-state index is 12.7. The van der Waals surface area contributed by atoms with Gasteiger partial charge in [0, 0.05) is 19.6 Å². The van der Waals surface area contributed by atoms with Crippen molar-refractivity contribution in [3.8, 4) is 0 Å². The van der Waals surface area contributed by atoms with E-state index in [-0.39, 0.29) is 18.0 Å². The Kier molecular flexibility index (Phi) is 6.08. The van der Waals surface area contributed by atoms with Crippen LogP contribution in [0, 0.1) is 0 Å². The lowest BCUT2D eigenvalue weighted by atomic mass is 10.0. The summed E-state index contributed by atoms with van der Waals surface area (Å²) in [6, 6.07) is 9.98. The summed E-state index contributed by atoms with van der Waals surface area (Å²) in [5.74, 6) is 1.02. The van der Waals surface area contributed by atoms with Crippen LogP contribution in [-0.2, 0) is 4.79 Å². The fourth-order valence-electron chi connectivity index (χ4n) is 2.72. The zero-order chi connectivity index (χ0) is 15.2. The molecule has 1 aromatic carbocycles. The van der Waals surface area contributed by atoms with Crippen molar-refractivity contribution in [1.82, 2.24) is 9.80 Å². The Morgan fingerprint density at radius 2 is 2.10 bits per heavy atom. The molecule has 4 nitrogen and oxygen atoms in total. The van der Waals surface area contributed by atoms with Crippen molar-refractivity contribution in [3.05, 3.63) is 35.9 Å². The van der Waals surface area contributed by atoms with Crippen molar-refractivity contribution < 1.29 is 4.79 Å². The molecule has 1 aromatic rings. The second kappa shape index (κ2) is 7.82. The number of carbonyl (C=O) groups is 1. The maximum Gasteiger partial charge on any atom is 0.240 e. The highest BCUT2D eigenvalue weighted by atomic mass is 32.2. The summed E-state index contributed by atoms with van der Waals surface area (Å²) in [4.78, 5) is 16.9. The van der Waals surface area contributed by atoms with E-state index in [0.717, 1.165) is 31.8 Å². The number of rotatable bonds is 5. The van der Waals surface area contributed by atoms with Crippen LogP contribution in [0.2, 0.25) is 0 Å². The van der Waals surface area contributed by atoms with Crippen molar-refractivity contribution >= 4 is 17.7 Å². The lowest BCUT2D eigenvalue weighted by molar-refractivity contribution is -0.137. The molecule has 2 N–H and O–H groups in total. The van der Waals surface area contributed by atoms with Gasteiger partial charge in [0.1, 0.15) is 0 Å². The van der Waals surface area contributed by atoms with E-state index >= 15 is 0 Å². The molecule has 0 bridgehead atoms. The monoisotopic (exact) mass is 307 g/mol. The number of amides is 1. The predicted octanol–water partition coefficient (Wildman–Crippen LogP) is 1.58. The van der Waals surface area contributed by atoms with Crippen LogP contribution in [0.3, 0.4) is 0 Å². The summed E-state index contributed by atoms with van der Waals surface area (Å²) in [7, 11) is 2.10. The molecular formula is C16H25N3OS. The molecule has 1 unspecified atom stereocenters. The lowest BCUT2D eigenvalue weighted by Crippen LogP contribution is -2.53. The average Bonchev–Trinajstić information content (AvgIpc) is 2.52. The first-order valence-corrected chi connectivity index (χ1v) is 8.81. The van der Waals surface area contributed by atoms with Crippen LogP contribution in [-0.4, -0.2) is 60.4 Å². The minimum atomic E-state index is -0.382. The highest BCUT2D eigenvalue weighted by molar-refractivity contribution is 7.98. The van der Waals surface area contributed by atoms with Crippen molar-refractivity contribution in [2.24, 2.45) is 5.73 Å². The zero-order valence-corrected chi connectivity index (χ0v) is 13.7. The van der Waals surface area contributed by atoms with Crippen LogP contribution >= 0.6 is 11.8 Å². The number of nitrogens with zero attached hydrogens (tertiary/aromatic N) is 2. The van der Waals surface area contributed by atoms with Crippen LogP contribution in [0.4, 0.5) is 0 Å². The van der Waals surface area contributed by atoms with Gasteiger partial charge in [0.25, 0.3) is 0 Å². The molecular weight excluding hydrogens is 282 g/mol. The molecule has 116 valence electrons. The molecule has 0 radical (unpaired) electrons. The van der Waals surface area contributed by atoms with E-state index in [4.69, 9.17) is 5.73 Å². The van der Waals surface area contributed by atoms with Crippen molar-refractivity contribution in [2.75, 3.05) is 38.7 Å². The van der Waals surface area contributed by atoms with Gasteiger partial charge in [-0.25, -0.2) is 0 Å². The smallest absolute Gasteiger partial charge is 0.240 e. The fourth-order valence-corrected chi connectivity index (χ4v) is 3.21. The lowest BCUT2D eigenvalue weighted by Gasteiger charge is -2.41. The molecule has 1 aliphatic rings. The van der Waals surface area contributed by atoms with Gasteiger partial charge < -0.3 is 15.5 Å². The van der Waals surface area contributed by atoms with Gasteiger partial charge in [0.15, 0.2) is 0 Å². The highest BCUT2D eigenvalue weighted by Crippen LogP contribution is 2.25. The van der Waals surface area contributed by atoms with Gasteiger partial charge in [-0.1, -0.05) is 30.3 Å². The van der Waals surface area contributed by atoms with Crippen molar-refractivity contribution in [2.45, 2.75) is 18.5 Å². The first kappa shape index (κ1) is 16.3. The Hall–Kier alpha value is -1.04. The summed E-state index contributed by atoms with van der Waals surface area (Å²) in [6.07, 6.45) is 2.79. The Morgan fingerprint density at radius 3 is 2.76 bits per heavy atom. The van der Waals surface area contributed by atoms with Gasteiger partial charge in [-0.05, 0) is 31.0 Å². The largest absolute Gasteiger partial charge is 0.332 e. The number of piperazine rings is 1. The summed E-state index contributed by atoms with van der Waals surface area (Å²) >= 11 is 1.73. The standard InChI is InChI=1S/C16H25N3OS/c1-18-9-10-19(16(20)14(17)8-11-21-2)15(12-18)13-6-4-3-5-7-13/h3-7,14-15H,8-12,17H2,1-2H3/t14-,15?/m0/s1. The van der Waals surface area contributed by atoms with Gasteiger partial charge >= 0.3 is 0 Å². The first-order valence-electron chi connectivity index (χ1n) is 7.42. The first-order chi connectivity index (χ1) is 10.1. The second-order valence-corrected chi connectivity index (χ2v) is 6.59. The molecule has 1 saturated heterocycles. The molecule has 1 amide bonds. The highest BCUT2D eigenvalue weighted by Gasteiger charge is 2.32. The number of benzene rings is 1. The summed E-state index contributed by atoms with van der Waals surface area (Å²) in [6.45, 7) is 2.52. The Balaban J connectivity index is 2.13. The number of likely N-dealkylation sites (N-methyl/N-ethyl adjacent to an activating group) is 1. The van der Waals surface area contributed by atoms with Gasteiger partial charge in [0.05, 0.1) is 12.1 Å². The Bertz CT molecular complexity index is 454. The SMILES string of the molecule is CSCC[C@H](N)C(=O)N1CCN(C)CC1c1ccccc1. The van der Waals surface area contributed by atoms with E-state index in [2.05, 4.69) is 24.1 Å². The Labute approximate surface area is 131 Å². The number of carbonyl (C=O) groups excluding carboxylic acids is 1. The molecule has 5 heteroatoms. The summed E-state index contributed by atoms with van der Waals surface area (Å²) in [5, 5.41) is 0. The van der Waals surface area contributed by atoms with Crippen LogP contribution in [0.15, 0.2) is 30.3 Å². The van der Waals surface area contributed by atoms with Crippen molar-refractivity contribution in [1.29, 1.82) is 0 Å². The molecule has 1 heterocycles. The zero-order valence-electron chi connectivity index (χ0n) is 12.9. The fraction of sp³-hybridized carbons (Fsp3) is 0.562. The molecule has 1 aliphatic heterocycles. The Morgan fingerprint density at radius 1 is 1.38 bits per heavy atom. The number of hydrogen-bond donors (Lipinski definition) is 1. The minimum Gasteiger partial charge on any atom is -0.332 e. The molecule has 0 aliphatic carbocycles. The molecule has 2 atom stereocenters. The third-order valence-corrected chi connectivity index (χ3v) is 4.65. The van der Waals surface area contributed by atoms with E-state index in [1.54, 1.807) is 11.8 Å². The van der Waals surface area contributed by atoms with E-state index < -0.39 is 0 Å². The second-order valence-electron chi connectivity index (χ2n) is 5.61. The van der Waals surface area contributed by atoms with Gasteiger partial charge in [-0.2, -0.15) is 11.8 Å². The predicted molar refractivity (Wildman–Crippen MR) is 89.4 cm³/mol. The van der Waals surface area contributed by atoms with E-state index in [0.29, 0.717) is 0 Å². The maximum atomic E-state index is 12.7. The average molecular weight is 307 g/mol. The topological polar surface area (TPSA) is 49.6 Å². The molecule has 21 heavy (non-hydrogen) atoms. The number of thioether (sulfide) groups is 1. The molecule has 0 aromatic heterocycles. The minimum absolute atomic E-state index is 0.0889. The molecule has 0 spiro atoms. The quantitative estimate of drug-likeness (QED) is 0.897. The van der Waals surface area contributed by atoms with Crippen molar-refractivity contribution in [3.63, 3.8) is 0 Å². The molecule has 2 rings (SSSR count). The van der Waals surface area contributed by atoms with Crippen LogP contribution in [0.5, 0.6) is 0 Å². The third kappa shape index (κ3) is 4.22. The van der Waals surface area contributed by atoms with Crippen LogP contribution in [0.25, 0.3) is 0 Å². The molecule has 0 saturated carbocycles. The third-order valence-electron chi connectivity index (χ3n) is 4.00. The summed E-state index contributed by atoms with van der Waals surface area (Å²) in [5.41, 5.74) is 7.28. The van der Waals surface area contributed by atoms with Crippen LogP contribution < -0.4 is 5.73 Å².